The van der Waals surface area contributed by atoms with Crippen molar-refractivity contribution in [3.05, 3.63) is 0 Å². The van der Waals surface area contributed by atoms with Crippen LogP contribution in [-0.2, 0) is 9.59 Å². The van der Waals surface area contributed by atoms with Crippen molar-refractivity contribution in [2.75, 3.05) is 0 Å². The number of carbonyl (C=O) groups excluding carboxylic acids is 2. The van der Waals surface area contributed by atoms with Crippen LogP contribution in [0.15, 0.2) is 10.3 Å². The maximum Gasteiger partial charge on any atom is 0.174 e. The average Bonchev–Trinajstić information content (AvgIpc) is 2.00. The summed E-state index contributed by atoms with van der Waals surface area (Å²) in [5.74, 6) is 0. The minimum atomic E-state index is -0.613. The third-order valence-corrected chi connectivity index (χ3v) is 0.701. The lowest BCUT2D eigenvalue weighted by atomic mass is 10.3. The predicted octanol–water partition coefficient (Wildman–Crippen LogP) is -0.955. The molecule has 0 fully saturated rings. The Labute approximate surface area is 55.4 Å². The van der Waals surface area contributed by atoms with Crippen LogP contribution in [0.25, 0.3) is 0 Å². The number of aldehydes is 2. The van der Waals surface area contributed by atoms with E-state index < -0.39 is 11.4 Å². The third-order valence-electron chi connectivity index (χ3n) is 0.701. The molecule has 0 amide bonds. The van der Waals surface area contributed by atoms with Gasteiger partial charge in [0.15, 0.2) is 24.0 Å². The van der Waals surface area contributed by atoms with Crippen molar-refractivity contribution in [3.63, 3.8) is 0 Å². The van der Waals surface area contributed by atoms with Crippen LogP contribution in [0.5, 0.6) is 0 Å². The molecule has 0 heterocycles. The first kappa shape index (κ1) is 8.28. The number of rotatable bonds is 3. The predicted molar refractivity (Wildman–Crippen MR) is 30.6 cm³/mol. The average molecular weight is 144 g/mol. The zero-order valence-electron chi connectivity index (χ0n) is 4.76. The van der Waals surface area contributed by atoms with E-state index in [1.807, 2.05) is 0 Å². The molecule has 54 valence electrons. The number of hydrogen-bond acceptors (Lipinski definition) is 6. The Morgan fingerprint density at radius 1 is 1.00 bits per heavy atom. The summed E-state index contributed by atoms with van der Waals surface area (Å²) < 4.78 is 0. The van der Waals surface area contributed by atoms with E-state index >= 15 is 0 Å². The molecule has 6 nitrogen and oxygen atoms in total. The van der Waals surface area contributed by atoms with E-state index in [9.17, 15) is 9.59 Å². The highest BCUT2D eigenvalue weighted by Crippen LogP contribution is 1.76. The van der Waals surface area contributed by atoms with E-state index in [4.69, 9.17) is 10.4 Å². The monoisotopic (exact) mass is 144 g/mol. The lowest BCUT2D eigenvalue weighted by Gasteiger charge is -1.86. The van der Waals surface area contributed by atoms with Crippen LogP contribution < -0.4 is 0 Å². The van der Waals surface area contributed by atoms with Gasteiger partial charge in [0.05, 0.1) is 0 Å². The van der Waals surface area contributed by atoms with Crippen LogP contribution in [0.2, 0.25) is 0 Å². The quantitative estimate of drug-likeness (QED) is 0.230. The van der Waals surface area contributed by atoms with Crippen molar-refractivity contribution < 1.29 is 20.0 Å². The van der Waals surface area contributed by atoms with Gasteiger partial charge in [-0.1, -0.05) is 10.3 Å². The molecular weight excluding hydrogens is 140 g/mol. The molecule has 6 heteroatoms. The Kier molecular flexibility index (Phi) is 3.47. The minimum absolute atomic E-state index is 0.0868. The zero-order valence-corrected chi connectivity index (χ0v) is 4.76. The summed E-state index contributed by atoms with van der Waals surface area (Å²) in [7, 11) is 0. The minimum Gasteiger partial charge on any atom is -0.410 e. The Balaban J connectivity index is 4.58. The summed E-state index contributed by atoms with van der Waals surface area (Å²) in [4.78, 5) is 19.7. The SMILES string of the molecule is O=CC(=NO)C(C=O)=NO. The lowest BCUT2D eigenvalue weighted by Crippen LogP contribution is -2.16. The lowest BCUT2D eigenvalue weighted by molar-refractivity contribution is -0.104. The van der Waals surface area contributed by atoms with Crippen molar-refractivity contribution in [1.29, 1.82) is 0 Å². The second kappa shape index (κ2) is 4.19. The van der Waals surface area contributed by atoms with Crippen molar-refractivity contribution in [3.8, 4) is 0 Å². The van der Waals surface area contributed by atoms with E-state index in [0.29, 0.717) is 0 Å². The van der Waals surface area contributed by atoms with Crippen molar-refractivity contribution in [1.82, 2.24) is 0 Å². The molecule has 0 atom stereocenters. The second-order valence-electron chi connectivity index (χ2n) is 1.21. The van der Waals surface area contributed by atoms with E-state index in [1.54, 1.807) is 0 Å². The second-order valence-corrected chi connectivity index (χ2v) is 1.21. The molecule has 0 bridgehead atoms. The topological polar surface area (TPSA) is 99.3 Å². The summed E-state index contributed by atoms with van der Waals surface area (Å²) in [6.07, 6.45) is 0.174. The van der Waals surface area contributed by atoms with Gasteiger partial charge in [-0.15, -0.1) is 0 Å². The smallest absolute Gasteiger partial charge is 0.174 e. The highest BCUT2D eigenvalue weighted by molar-refractivity contribution is 6.74. The Morgan fingerprint density at radius 3 is 1.40 bits per heavy atom. The Morgan fingerprint density at radius 2 is 1.30 bits per heavy atom. The number of oxime groups is 2. The third kappa shape index (κ3) is 1.66. The van der Waals surface area contributed by atoms with Crippen LogP contribution in [0.1, 0.15) is 0 Å². The van der Waals surface area contributed by atoms with Gasteiger partial charge in [0.25, 0.3) is 0 Å². The van der Waals surface area contributed by atoms with Crippen LogP contribution >= 0.6 is 0 Å². The maximum absolute atomic E-state index is 9.85. The standard InChI is InChI=1S/C4H4N2O4/c7-1-3(5-9)4(2-8)6-10/h1-2,9-10H. The van der Waals surface area contributed by atoms with Crippen LogP contribution in [0, 0.1) is 0 Å². The van der Waals surface area contributed by atoms with Crippen molar-refractivity contribution in [2.24, 2.45) is 10.3 Å². The first-order valence-electron chi connectivity index (χ1n) is 2.15. The van der Waals surface area contributed by atoms with Gasteiger partial charge >= 0.3 is 0 Å². The number of hydrogen-bond donors (Lipinski definition) is 2. The van der Waals surface area contributed by atoms with Crippen molar-refractivity contribution >= 4 is 24.0 Å². The molecule has 0 aliphatic carbocycles. The summed E-state index contributed by atoms with van der Waals surface area (Å²) in [6, 6.07) is 0. The molecule has 0 aromatic heterocycles. The number of carbonyl (C=O) groups is 2. The van der Waals surface area contributed by atoms with E-state index in [2.05, 4.69) is 10.3 Å². The molecule has 0 aromatic rings. The molecule has 0 rings (SSSR count). The fraction of sp³-hybridized carbons (Fsp3) is 0. The normalized spacial score (nSPS) is 12.8. The van der Waals surface area contributed by atoms with Gasteiger partial charge in [-0.3, -0.25) is 9.59 Å². The highest BCUT2D eigenvalue weighted by atomic mass is 16.4. The molecule has 2 N–H and O–H groups in total. The van der Waals surface area contributed by atoms with E-state index in [0.717, 1.165) is 0 Å². The van der Waals surface area contributed by atoms with Gasteiger partial charge in [0, 0.05) is 0 Å². The van der Waals surface area contributed by atoms with Gasteiger partial charge < -0.3 is 10.4 Å². The van der Waals surface area contributed by atoms with Gasteiger partial charge in [-0.25, -0.2) is 0 Å². The Hall–Kier alpha value is -1.72. The first-order chi connectivity index (χ1) is 4.79. The molecule has 0 aromatic carbocycles. The highest BCUT2D eigenvalue weighted by Gasteiger charge is 2.06. The summed E-state index contributed by atoms with van der Waals surface area (Å²) in [5.41, 5.74) is -1.23. The molecule has 0 radical (unpaired) electrons. The molecular formula is C4H4N2O4. The first-order valence-corrected chi connectivity index (χ1v) is 2.15. The van der Waals surface area contributed by atoms with E-state index in [1.165, 1.54) is 0 Å². The van der Waals surface area contributed by atoms with Gasteiger partial charge in [0.2, 0.25) is 0 Å². The van der Waals surface area contributed by atoms with Crippen LogP contribution in [0.3, 0.4) is 0 Å². The van der Waals surface area contributed by atoms with Gasteiger partial charge in [-0.2, -0.15) is 0 Å². The molecule has 0 unspecified atom stereocenters. The molecule has 0 aliphatic heterocycles. The van der Waals surface area contributed by atoms with Crippen LogP contribution in [0.4, 0.5) is 0 Å². The van der Waals surface area contributed by atoms with E-state index in [-0.39, 0.29) is 12.6 Å². The van der Waals surface area contributed by atoms with Crippen molar-refractivity contribution in [2.45, 2.75) is 0 Å². The fourth-order valence-corrected chi connectivity index (χ4v) is 0.270. The molecule has 0 saturated heterocycles. The summed E-state index contributed by atoms with van der Waals surface area (Å²) in [5, 5.41) is 20.7. The summed E-state index contributed by atoms with van der Waals surface area (Å²) in [6.45, 7) is 0. The fourth-order valence-electron chi connectivity index (χ4n) is 0.270. The largest absolute Gasteiger partial charge is 0.410 e. The summed E-state index contributed by atoms with van der Waals surface area (Å²) >= 11 is 0. The van der Waals surface area contributed by atoms with Gasteiger partial charge in [-0.05, 0) is 0 Å². The molecule has 0 spiro atoms. The van der Waals surface area contributed by atoms with Gasteiger partial charge in [0.1, 0.15) is 0 Å². The molecule has 10 heavy (non-hydrogen) atoms. The van der Waals surface area contributed by atoms with Crippen LogP contribution in [-0.4, -0.2) is 34.4 Å². The Bertz CT molecular complexity index is 173. The molecule has 0 aliphatic rings. The molecule has 0 saturated carbocycles. The zero-order chi connectivity index (χ0) is 7.98. The number of nitrogens with zero attached hydrogens (tertiary/aromatic N) is 2. The maximum atomic E-state index is 9.85.